The molecule has 13 aromatic rings. The highest BCUT2D eigenvalue weighted by Gasteiger charge is 2.19. The summed E-state index contributed by atoms with van der Waals surface area (Å²) in [6.07, 6.45) is 0. The molecule has 0 N–H and O–H groups in total. The second kappa shape index (κ2) is 16.8. The van der Waals surface area contributed by atoms with E-state index in [1.54, 1.807) is 22.7 Å². The third-order valence-electron chi connectivity index (χ3n) is 12.8. The van der Waals surface area contributed by atoms with Gasteiger partial charge >= 0.3 is 0 Å². The lowest BCUT2D eigenvalue weighted by Gasteiger charge is -2.10. The van der Waals surface area contributed by atoms with E-state index in [9.17, 15) is 0 Å². The molecule has 0 radical (unpaired) electrons. The van der Waals surface area contributed by atoms with E-state index >= 15 is 0 Å². The van der Waals surface area contributed by atoms with Crippen molar-refractivity contribution in [2.45, 2.75) is 0 Å². The van der Waals surface area contributed by atoms with Crippen LogP contribution in [0.1, 0.15) is 0 Å². The van der Waals surface area contributed by atoms with Gasteiger partial charge in [0, 0.05) is 42.4 Å². The van der Waals surface area contributed by atoms with Crippen molar-refractivity contribution in [1.82, 2.24) is 19.9 Å². The molecule has 9 aromatic carbocycles. The topological polar surface area (TPSA) is 51.6 Å². The summed E-state index contributed by atoms with van der Waals surface area (Å²) in [6, 6.07) is 81.6. The molecule has 0 saturated heterocycles. The lowest BCUT2D eigenvalue weighted by molar-refractivity contribution is 1.24. The Morgan fingerprint density at radius 1 is 0.221 bits per heavy atom. The molecule has 0 amide bonds. The fourth-order valence-electron chi connectivity index (χ4n) is 9.21. The molecule has 0 saturated carbocycles. The van der Waals surface area contributed by atoms with Crippen LogP contribution in [0.4, 0.5) is 0 Å². The van der Waals surface area contributed by atoms with Crippen molar-refractivity contribution in [1.29, 1.82) is 0 Å². The van der Waals surface area contributed by atoms with Gasteiger partial charge in [0.05, 0.1) is 31.8 Å². The van der Waals surface area contributed by atoms with E-state index in [-0.39, 0.29) is 0 Å². The van der Waals surface area contributed by atoms with Crippen LogP contribution >= 0.6 is 22.7 Å². The molecule has 13 rings (SSSR count). The second-order valence-electron chi connectivity index (χ2n) is 17.0. The Bertz CT molecular complexity index is 3690. The van der Waals surface area contributed by atoms with Crippen molar-refractivity contribution >= 4 is 63.3 Å². The fourth-order valence-corrected chi connectivity index (χ4v) is 11.5. The first-order chi connectivity index (χ1) is 33.7. The van der Waals surface area contributed by atoms with Crippen LogP contribution in [-0.4, -0.2) is 19.9 Å². The van der Waals surface area contributed by atoms with Crippen molar-refractivity contribution in [3.8, 4) is 89.8 Å². The van der Waals surface area contributed by atoms with Gasteiger partial charge in [-0.3, -0.25) is 0 Å². The first-order valence-corrected chi connectivity index (χ1v) is 24.3. The smallest absolute Gasteiger partial charge is 0.160 e. The zero-order valence-corrected chi connectivity index (χ0v) is 38.2. The Morgan fingerprint density at radius 3 is 0.824 bits per heavy atom. The summed E-state index contributed by atoms with van der Waals surface area (Å²) < 4.78 is 4.61. The van der Waals surface area contributed by atoms with Gasteiger partial charge in [-0.25, -0.2) is 19.9 Å². The van der Waals surface area contributed by atoms with E-state index in [1.807, 2.05) is 12.1 Å². The molecule has 0 aliphatic heterocycles. The minimum Gasteiger partial charge on any atom is -0.226 e. The summed E-state index contributed by atoms with van der Waals surface area (Å²) >= 11 is 3.51. The Labute approximate surface area is 401 Å². The van der Waals surface area contributed by atoms with Gasteiger partial charge < -0.3 is 0 Å². The van der Waals surface area contributed by atoms with E-state index in [4.69, 9.17) is 19.9 Å². The summed E-state index contributed by atoms with van der Waals surface area (Å²) in [5.41, 5.74) is 17.3. The molecule has 4 heterocycles. The highest BCUT2D eigenvalue weighted by molar-refractivity contribution is 7.26. The van der Waals surface area contributed by atoms with Gasteiger partial charge in [-0.05, 0) is 56.6 Å². The van der Waals surface area contributed by atoms with Crippen molar-refractivity contribution in [2.75, 3.05) is 0 Å². The highest BCUT2D eigenvalue weighted by atomic mass is 32.1. The van der Waals surface area contributed by atoms with Crippen molar-refractivity contribution in [2.24, 2.45) is 0 Å². The Balaban J connectivity index is 0.792. The Kier molecular flexibility index (Phi) is 9.85. The zero-order chi connectivity index (χ0) is 45.0. The van der Waals surface area contributed by atoms with Gasteiger partial charge in [-0.1, -0.05) is 218 Å². The minimum atomic E-state index is 0.725. The average Bonchev–Trinajstić information content (AvgIpc) is 4.00. The SMILES string of the molecule is c1ccc(-c2ccc(-c3nc(-c4ccc(-c5ccc(-c6ccc(-c7nc(-c8ccc(-c9ccccc9)cc8)nc8c7sc7ccccc78)cc6)cc5)cc4)c4sc5ccccc5c4n3)cc2)cc1. The third-order valence-corrected chi connectivity index (χ3v) is 15.1. The summed E-state index contributed by atoms with van der Waals surface area (Å²) in [5.74, 6) is 1.45. The van der Waals surface area contributed by atoms with Crippen LogP contribution in [-0.2, 0) is 0 Å². The predicted octanol–water partition coefficient (Wildman–Crippen LogP) is 17.3. The van der Waals surface area contributed by atoms with Gasteiger partial charge in [0.1, 0.15) is 0 Å². The molecule has 0 bridgehead atoms. The molecule has 0 fully saturated rings. The van der Waals surface area contributed by atoms with E-state index in [0.717, 1.165) is 98.7 Å². The molecule has 4 nitrogen and oxygen atoms in total. The normalized spacial score (nSPS) is 11.5. The number of hydrogen-bond acceptors (Lipinski definition) is 6. The van der Waals surface area contributed by atoms with Crippen molar-refractivity contribution < 1.29 is 0 Å². The Morgan fingerprint density at radius 2 is 0.485 bits per heavy atom. The summed E-state index contributed by atoms with van der Waals surface area (Å²) in [7, 11) is 0. The molecule has 0 aliphatic carbocycles. The molecule has 4 aromatic heterocycles. The monoisotopic (exact) mass is 902 g/mol. The quantitative estimate of drug-likeness (QED) is 0.152. The van der Waals surface area contributed by atoms with Crippen LogP contribution in [0.5, 0.6) is 0 Å². The third kappa shape index (κ3) is 7.24. The van der Waals surface area contributed by atoms with Crippen LogP contribution < -0.4 is 0 Å². The van der Waals surface area contributed by atoms with Crippen LogP contribution in [0.2, 0.25) is 0 Å². The summed E-state index contributed by atoms with van der Waals surface area (Å²) in [4.78, 5) is 20.9. The minimum absolute atomic E-state index is 0.725. The maximum Gasteiger partial charge on any atom is 0.160 e. The number of rotatable bonds is 8. The highest BCUT2D eigenvalue weighted by Crippen LogP contribution is 2.42. The lowest BCUT2D eigenvalue weighted by atomic mass is 9.98. The molecule has 318 valence electrons. The van der Waals surface area contributed by atoms with Gasteiger partial charge in [0.2, 0.25) is 0 Å². The van der Waals surface area contributed by atoms with E-state index < -0.39 is 0 Å². The Hall–Kier alpha value is -8.42. The van der Waals surface area contributed by atoms with Crippen molar-refractivity contribution in [3.05, 3.63) is 231 Å². The van der Waals surface area contributed by atoms with Crippen LogP contribution in [0.25, 0.3) is 130 Å². The van der Waals surface area contributed by atoms with Gasteiger partial charge in [-0.2, -0.15) is 0 Å². The number of fused-ring (bicyclic) bond motifs is 6. The van der Waals surface area contributed by atoms with Crippen LogP contribution in [0.3, 0.4) is 0 Å². The standard InChI is InChI=1S/C62H38N4S2/c1-3-11-39(12-4-1)41-27-35-49(36-28-41)61-63-55(59-57(65-61)51-15-7-9-17-53(51)67-59)47-31-23-45(24-32-47)43-19-21-44(22-20-43)46-25-33-48(34-26-46)56-60-58(52-16-8-10-18-54(52)68-60)66-62(64-56)50-37-29-42(30-38-50)40-13-5-2-6-14-40/h1-38H. The van der Waals surface area contributed by atoms with Crippen molar-refractivity contribution in [3.63, 3.8) is 0 Å². The molecule has 0 atom stereocenters. The molecule has 0 aliphatic rings. The largest absolute Gasteiger partial charge is 0.226 e. The maximum absolute atomic E-state index is 5.26. The molecule has 68 heavy (non-hydrogen) atoms. The lowest BCUT2D eigenvalue weighted by Crippen LogP contribution is -1.94. The molecule has 0 spiro atoms. The number of hydrogen-bond donors (Lipinski definition) is 0. The van der Waals surface area contributed by atoms with E-state index in [0.29, 0.717) is 0 Å². The number of aromatic nitrogens is 4. The number of thiophene rings is 2. The van der Waals surface area contributed by atoms with Gasteiger partial charge in [0.25, 0.3) is 0 Å². The van der Waals surface area contributed by atoms with E-state index in [1.165, 1.54) is 31.7 Å². The average molecular weight is 903 g/mol. The summed E-state index contributed by atoms with van der Waals surface area (Å²) in [5, 5.41) is 2.31. The van der Waals surface area contributed by atoms with Crippen LogP contribution in [0, 0.1) is 0 Å². The molecule has 6 heteroatoms. The zero-order valence-electron chi connectivity index (χ0n) is 36.5. The summed E-state index contributed by atoms with van der Waals surface area (Å²) in [6.45, 7) is 0. The maximum atomic E-state index is 5.26. The molecule has 0 unspecified atom stereocenters. The second-order valence-corrected chi connectivity index (χ2v) is 19.1. The van der Waals surface area contributed by atoms with Gasteiger partial charge in [-0.15, -0.1) is 22.7 Å². The fraction of sp³-hybridized carbons (Fsp3) is 0. The molecular weight excluding hydrogens is 865 g/mol. The first-order valence-electron chi connectivity index (χ1n) is 22.7. The predicted molar refractivity (Wildman–Crippen MR) is 287 cm³/mol. The number of nitrogens with zero attached hydrogens (tertiary/aromatic N) is 4. The van der Waals surface area contributed by atoms with Crippen LogP contribution in [0.15, 0.2) is 231 Å². The first kappa shape index (κ1) is 39.9. The molecular formula is C62H38N4S2. The van der Waals surface area contributed by atoms with E-state index in [2.05, 4.69) is 218 Å². The number of benzene rings is 9. The van der Waals surface area contributed by atoms with Gasteiger partial charge in [0.15, 0.2) is 11.6 Å².